The third-order valence-corrected chi connectivity index (χ3v) is 3.83. The normalized spacial score (nSPS) is 26.1. The van der Waals surface area contributed by atoms with Gasteiger partial charge in [-0.1, -0.05) is 0 Å². The van der Waals surface area contributed by atoms with Crippen molar-refractivity contribution in [1.29, 1.82) is 0 Å². The minimum Gasteiger partial charge on any atom is -0.324 e. The summed E-state index contributed by atoms with van der Waals surface area (Å²) in [5.74, 6) is 1.13. The maximum atomic E-state index is 6.32. The third kappa shape index (κ3) is 0.869. The van der Waals surface area contributed by atoms with Crippen LogP contribution in [0.4, 0.5) is 0 Å². The van der Waals surface area contributed by atoms with Crippen LogP contribution in [0.25, 0.3) is 0 Å². The van der Waals surface area contributed by atoms with Crippen LogP contribution in [-0.4, -0.2) is 20.3 Å². The van der Waals surface area contributed by atoms with Crippen molar-refractivity contribution in [1.82, 2.24) is 14.8 Å². The fourth-order valence-electron chi connectivity index (χ4n) is 2.55. The highest BCUT2D eigenvalue weighted by atomic mass is 15.3. The van der Waals surface area contributed by atoms with E-state index in [1.54, 1.807) is 6.33 Å². The molecule has 0 atom stereocenters. The summed E-state index contributed by atoms with van der Waals surface area (Å²) in [7, 11) is 0. The van der Waals surface area contributed by atoms with Crippen molar-refractivity contribution in [3.8, 4) is 0 Å². The fourth-order valence-corrected chi connectivity index (χ4v) is 2.55. The maximum absolute atomic E-state index is 6.32. The molecule has 4 heteroatoms. The van der Waals surface area contributed by atoms with Gasteiger partial charge in [-0.05, 0) is 32.6 Å². The van der Waals surface area contributed by atoms with Gasteiger partial charge in [0, 0.05) is 17.5 Å². The van der Waals surface area contributed by atoms with Gasteiger partial charge in [0.05, 0.1) is 0 Å². The Hall–Kier alpha value is -0.900. The molecular weight excluding hydrogens is 176 g/mol. The molecule has 0 amide bonds. The Balaban J connectivity index is 2.02. The van der Waals surface area contributed by atoms with Gasteiger partial charge < -0.3 is 5.73 Å². The predicted molar refractivity (Wildman–Crippen MR) is 52.8 cm³/mol. The van der Waals surface area contributed by atoms with E-state index >= 15 is 0 Å². The highest BCUT2D eigenvalue weighted by Gasteiger charge is 2.66. The van der Waals surface area contributed by atoms with Crippen LogP contribution in [0.1, 0.15) is 38.4 Å². The number of hydrogen-bond acceptors (Lipinski definition) is 3. The highest BCUT2D eigenvalue weighted by molar-refractivity contribution is 5.33. The summed E-state index contributed by atoms with van der Waals surface area (Å²) < 4.78 is 2.00. The lowest BCUT2D eigenvalue weighted by atomic mass is 9.93. The average molecular weight is 192 g/mol. The average Bonchev–Trinajstić information content (AvgIpc) is 3.08. The topological polar surface area (TPSA) is 56.7 Å². The molecule has 0 aromatic carbocycles. The monoisotopic (exact) mass is 192 g/mol. The molecule has 3 rings (SSSR count). The summed E-state index contributed by atoms with van der Waals surface area (Å²) >= 11 is 0. The lowest BCUT2D eigenvalue weighted by Gasteiger charge is -2.21. The molecule has 14 heavy (non-hydrogen) atoms. The molecule has 4 nitrogen and oxygen atoms in total. The summed E-state index contributed by atoms with van der Waals surface area (Å²) in [6, 6.07) is 0. The standard InChI is InChI=1S/C10H16N4/c1-2-14-8(12-7-13-14)9(3-4-9)10(11)5-6-10/h7H,2-6,11H2,1H3. The second-order valence-corrected chi connectivity index (χ2v) is 4.64. The quantitative estimate of drug-likeness (QED) is 0.771. The fraction of sp³-hybridized carbons (Fsp3) is 0.800. The van der Waals surface area contributed by atoms with Gasteiger partial charge in [-0.15, -0.1) is 0 Å². The molecule has 0 saturated heterocycles. The van der Waals surface area contributed by atoms with Gasteiger partial charge in [0.25, 0.3) is 0 Å². The van der Waals surface area contributed by atoms with E-state index in [9.17, 15) is 0 Å². The minimum atomic E-state index is 0.0486. The first kappa shape index (κ1) is 8.41. The number of aromatic nitrogens is 3. The molecule has 2 saturated carbocycles. The van der Waals surface area contributed by atoms with Crippen molar-refractivity contribution in [2.24, 2.45) is 5.73 Å². The van der Waals surface area contributed by atoms with E-state index in [0.717, 1.165) is 25.2 Å². The van der Waals surface area contributed by atoms with Crippen LogP contribution in [0.2, 0.25) is 0 Å². The second kappa shape index (κ2) is 2.37. The molecule has 0 bridgehead atoms. The summed E-state index contributed by atoms with van der Waals surface area (Å²) in [6.07, 6.45) is 6.36. The van der Waals surface area contributed by atoms with Gasteiger partial charge in [-0.2, -0.15) is 5.10 Å². The van der Waals surface area contributed by atoms with Gasteiger partial charge in [0.15, 0.2) is 0 Å². The van der Waals surface area contributed by atoms with E-state index in [2.05, 4.69) is 17.0 Å². The Morgan fingerprint density at radius 2 is 2.14 bits per heavy atom. The summed E-state index contributed by atoms with van der Waals surface area (Å²) in [5, 5.41) is 4.23. The smallest absolute Gasteiger partial charge is 0.138 e. The van der Waals surface area contributed by atoms with Crippen molar-refractivity contribution in [3.05, 3.63) is 12.2 Å². The minimum absolute atomic E-state index is 0.0486. The molecule has 2 aliphatic rings. The molecule has 2 fully saturated rings. The molecule has 1 heterocycles. The highest BCUT2D eigenvalue weighted by Crippen LogP contribution is 2.62. The number of nitrogens with zero attached hydrogens (tertiary/aromatic N) is 3. The SMILES string of the molecule is CCn1ncnc1C1(C2(N)CC2)CC1. The predicted octanol–water partition coefficient (Wildman–Crippen LogP) is 0.821. The van der Waals surface area contributed by atoms with Crippen molar-refractivity contribution in [3.63, 3.8) is 0 Å². The van der Waals surface area contributed by atoms with Gasteiger partial charge in [-0.3, -0.25) is 0 Å². The molecule has 2 aliphatic carbocycles. The number of rotatable bonds is 3. The Bertz CT molecular complexity index is 360. The van der Waals surface area contributed by atoms with E-state index in [1.165, 1.54) is 12.8 Å². The molecule has 76 valence electrons. The number of hydrogen-bond donors (Lipinski definition) is 1. The maximum Gasteiger partial charge on any atom is 0.138 e. The Morgan fingerprint density at radius 3 is 2.64 bits per heavy atom. The van der Waals surface area contributed by atoms with Crippen LogP contribution in [0.15, 0.2) is 6.33 Å². The Labute approximate surface area is 83.5 Å². The summed E-state index contributed by atoms with van der Waals surface area (Å²) in [4.78, 5) is 4.40. The van der Waals surface area contributed by atoms with E-state index in [4.69, 9.17) is 5.73 Å². The Morgan fingerprint density at radius 1 is 1.43 bits per heavy atom. The van der Waals surface area contributed by atoms with Crippen LogP contribution in [-0.2, 0) is 12.0 Å². The lowest BCUT2D eigenvalue weighted by molar-refractivity contribution is 0.443. The van der Waals surface area contributed by atoms with Gasteiger partial charge in [-0.25, -0.2) is 9.67 Å². The summed E-state index contributed by atoms with van der Waals surface area (Å²) in [6.45, 7) is 3.00. The molecule has 1 aromatic rings. The van der Waals surface area contributed by atoms with Crippen LogP contribution in [0.5, 0.6) is 0 Å². The van der Waals surface area contributed by atoms with E-state index in [1.807, 2.05) is 4.68 Å². The molecule has 0 radical (unpaired) electrons. The van der Waals surface area contributed by atoms with Crippen molar-refractivity contribution < 1.29 is 0 Å². The van der Waals surface area contributed by atoms with Crippen LogP contribution in [0, 0.1) is 0 Å². The van der Waals surface area contributed by atoms with Crippen molar-refractivity contribution >= 4 is 0 Å². The van der Waals surface area contributed by atoms with Crippen LogP contribution < -0.4 is 5.73 Å². The Kier molecular flexibility index (Phi) is 1.42. The molecule has 0 spiro atoms. The number of aryl methyl sites for hydroxylation is 1. The molecular formula is C10H16N4. The first-order valence-electron chi connectivity index (χ1n) is 5.39. The lowest BCUT2D eigenvalue weighted by Crippen LogP contribution is -2.39. The molecule has 0 aliphatic heterocycles. The third-order valence-electron chi connectivity index (χ3n) is 3.83. The summed E-state index contributed by atoms with van der Waals surface area (Å²) in [5.41, 5.74) is 6.55. The van der Waals surface area contributed by atoms with Crippen molar-refractivity contribution in [2.45, 2.75) is 50.1 Å². The second-order valence-electron chi connectivity index (χ2n) is 4.64. The van der Waals surface area contributed by atoms with Gasteiger partial charge in [0.2, 0.25) is 0 Å². The zero-order chi connectivity index (χ0) is 9.81. The first-order valence-corrected chi connectivity index (χ1v) is 5.39. The molecule has 1 aromatic heterocycles. The zero-order valence-corrected chi connectivity index (χ0v) is 8.53. The van der Waals surface area contributed by atoms with Gasteiger partial charge >= 0.3 is 0 Å². The van der Waals surface area contributed by atoms with Crippen LogP contribution in [0.3, 0.4) is 0 Å². The van der Waals surface area contributed by atoms with Crippen LogP contribution >= 0.6 is 0 Å². The largest absolute Gasteiger partial charge is 0.324 e. The van der Waals surface area contributed by atoms with Gasteiger partial charge in [0.1, 0.15) is 12.2 Å². The van der Waals surface area contributed by atoms with E-state index in [-0.39, 0.29) is 11.0 Å². The number of nitrogens with two attached hydrogens (primary N) is 1. The van der Waals surface area contributed by atoms with E-state index in [0.29, 0.717) is 0 Å². The molecule has 0 unspecified atom stereocenters. The molecule has 2 N–H and O–H groups in total. The first-order chi connectivity index (χ1) is 6.72. The van der Waals surface area contributed by atoms with E-state index < -0.39 is 0 Å². The zero-order valence-electron chi connectivity index (χ0n) is 8.53. The van der Waals surface area contributed by atoms with Crippen molar-refractivity contribution in [2.75, 3.05) is 0 Å².